The van der Waals surface area contributed by atoms with Crippen LogP contribution in [0.15, 0.2) is 12.2 Å². The molecule has 0 fully saturated rings. The van der Waals surface area contributed by atoms with Crippen molar-refractivity contribution in [2.24, 2.45) is 0 Å². The lowest BCUT2D eigenvalue weighted by atomic mass is 10.1. The van der Waals surface area contributed by atoms with Crippen LogP contribution < -0.4 is 0 Å². The minimum absolute atomic E-state index is 0.0289. The first-order valence-electron chi connectivity index (χ1n) is 7.43. The van der Waals surface area contributed by atoms with Crippen LogP contribution in [0.3, 0.4) is 0 Å². The van der Waals surface area contributed by atoms with Crippen molar-refractivity contribution in [3.05, 3.63) is 12.2 Å². The number of carbonyl (C=O) groups is 4. The minimum Gasteiger partial charge on any atom is -0.481 e. The van der Waals surface area contributed by atoms with Crippen molar-refractivity contribution >= 4 is 23.6 Å². The van der Waals surface area contributed by atoms with E-state index in [4.69, 9.17) is 14.6 Å². The van der Waals surface area contributed by atoms with E-state index in [-0.39, 0.29) is 43.6 Å². The van der Waals surface area contributed by atoms with Crippen molar-refractivity contribution < 1.29 is 33.8 Å². The van der Waals surface area contributed by atoms with Crippen molar-refractivity contribution in [1.82, 2.24) is 4.90 Å². The molecular formula is C15H21NO7. The lowest BCUT2D eigenvalue weighted by molar-refractivity contribution is -0.139. The Bertz CT molecular complexity index is 454. The summed E-state index contributed by atoms with van der Waals surface area (Å²) in [6, 6.07) is 0. The smallest absolute Gasteiger partial charge is 0.305 e. The van der Waals surface area contributed by atoms with Crippen LogP contribution in [0.5, 0.6) is 0 Å². The number of carboxylic acid groups (broad SMARTS) is 1. The Hall–Kier alpha value is -2.06. The monoisotopic (exact) mass is 327 g/mol. The molecule has 128 valence electrons. The van der Waals surface area contributed by atoms with Gasteiger partial charge in [0.1, 0.15) is 5.78 Å². The molecule has 0 radical (unpaired) electrons. The summed E-state index contributed by atoms with van der Waals surface area (Å²) in [5, 5.41) is 8.39. The van der Waals surface area contributed by atoms with Crippen molar-refractivity contribution in [2.45, 2.75) is 25.7 Å². The highest BCUT2D eigenvalue weighted by molar-refractivity contribution is 6.13. The van der Waals surface area contributed by atoms with E-state index in [0.717, 1.165) is 4.90 Å². The second-order valence-corrected chi connectivity index (χ2v) is 4.92. The maximum absolute atomic E-state index is 11.6. The van der Waals surface area contributed by atoms with Crippen LogP contribution in [0.1, 0.15) is 25.7 Å². The zero-order valence-electron chi connectivity index (χ0n) is 12.9. The van der Waals surface area contributed by atoms with Gasteiger partial charge in [0.05, 0.1) is 26.2 Å². The molecule has 1 rings (SSSR count). The normalized spacial score (nSPS) is 13.8. The summed E-state index contributed by atoms with van der Waals surface area (Å²) in [4.78, 5) is 45.5. The molecule has 8 heteroatoms. The fraction of sp³-hybridized carbons (Fsp3) is 0.600. The quantitative estimate of drug-likeness (QED) is 0.379. The highest BCUT2D eigenvalue weighted by atomic mass is 16.5. The number of hydrogen-bond donors (Lipinski definition) is 1. The number of Topliss-reactive ketones (excluding diaryl/α,β-unsaturated/α-hetero) is 1. The van der Waals surface area contributed by atoms with Crippen LogP contribution >= 0.6 is 0 Å². The summed E-state index contributed by atoms with van der Waals surface area (Å²) >= 11 is 0. The number of carbonyl (C=O) groups excluding carboxylic acids is 3. The third-order valence-corrected chi connectivity index (χ3v) is 3.09. The Morgan fingerprint density at radius 3 is 2.13 bits per heavy atom. The van der Waals surface area contributed by atoms with Crippen molar-refractivity contribution in [2.75, 3.05) is 33.0 Å². The van der Waals surface area contributed by atoms with E-state index >= 15 is 0 Å². The Kier molecular flexibility index (Phi) is 8.78. The average Bonchev–Trinajstić information content (AvgIpc) is 2.82. The molecule has 1 aliphatic heterocycles. The topological polar surface area (TPSA) is 110 Å². The number of nitrogens with zero attached hydrogens (tertiary/aromatic N) is 1. The second-order valence-electron chi connectivity index (χ2n) is 4.92. The molecule has 1 N–H and O–H groups in total. The first kappa shape index (κ1) is 19.0. The van der Waals surface area contributed by atoms with Crippen LogP contribution in [-0.4, -0.2) is 66.5 Å². The molecule has 0 aromatic rings. The van der Waals surface area contributed by atoms with Gasteiger partial charge in [0.2, 0.25) is 0 Å². The van der Waals surface area contributed by atoms with Gasteiger partial charge in [-0.05, 0) is 6.42 Å². The van der Waals surface area contributed by atoms with E-state index in [1.165, 1.54) is 12.2 Å². The fourth-order valence-corrected chi connectivity index (χ4v) is 1.87. The molecule has 0 aromatic heterocycles. The summed E-state index contributed by atoms with van der Waals surface area (Å²) < 4.78 is 10.3. The summed E-state index contributed by atoms with van der Waals surface area (Å²) in [5.74, 6) is -1.69. The third kappa shape index (κ3) is 8.22. The maximum Gasteiger partial charge on any atom is 0.305 e. The van der Waals surface area contributed by atoms with Crippen LogP contribution in [-0.2, 0) is 28.7 Å². The van der Waals surface area contributed by atoms with E-state index in [2.05, 4.69) is 0 Å². The van der Waals surface area contributed by atoms with Gasteiger partial charge in [-0.25, -0.2) is 0 Å². The Labute approximate surface area is 134 Å². The average molecular weight is 327 g/mol. The van der Waals surface area contributed by atoms with Crippen molar-refractivity contribution in [3.8, 4) is 0 Å². The number of aliphatic carboxylic acids is 1. The fourth-order valence-electron chi connectivity index (χ4n) is 1.87. The SMILES string of the molecule is O=C(O)CCOCCOCCCC(=O)CCN1C(=O)C=CC1=O. The Morgan fingerprint density at radius 1 is 0.913 bits per heavy atom. The van der Waals surface area contributed by atoms with E-state index in [1.807, 2.05) is 0 Å². The third-order valence-electron chi connectivity index (χ3n) is 3.09. The molecule has 1 heterocycles. The number of amides is 2. The Morgan fingerprint density at radius 2 is 1.52 bits per heavy atom. The van der Waals surface area contributed by atoms with Gasteiger partial charge in [-0.1, -0.05) is 0 Å². The molecule has 0 saturated carbocycles. The Balaban J connectivity index is 1.93. The van der Waals surface area contributed by atoms with Crippen LogP contribution in [0.25, 0.3) is 0 Å². The van der Waals surface area contributed by atoms with Gasteiger partial charge in [-0.15, -0.1) is 0 Å². The van der Waals surface area contributed by atoms with Crippen LogP contribution in [0, 0.1) is 0 Å². The maximum atomic E-state index is 11.6. The molecule has 0 aromatic carbocycles. The minimum atomic E-state index is -0.905. The number of rotatable bonds is 13. The standard InChI is InChI=1S/C15H21NO7/c17-12(5-7-16-13(18)3-4-14(16)19)2-1-8-22-10-11-23-9-6-15(20)21/h3-4H,1-2,5-11H2,(H,20,21). The summed E-state index contributed by atoms with van der Waals surface area (Å²) in [5.41, 5.74) is 0. The highest BCUT2D eigenvalue weighted by Crippen LogP contribution is 2.06. The lowest BCUT2D eigenvalue weighted by Gasteiger charge is -2.12. The molecule has 1 aliphatic rings. The van der Waals surface area contributed by atoms with E-state index in [9.17, 15) is 19.2 Å². The molecule has 0 aliphatic carbocycles. The van der Waals surface area contributed by atoms with Crippen LogP contribution in [0.2, 0.25) is 0 Å². The van der Waals surface area contributed by atoms with Gasteiger partial charge in [0.25, 0.3) is 11.8 Å². The van der Waals surface area contributed by atoms with Crippen LogP contribution in [0.4, 0.5) is 0 Å². The van der Waals surface area contributed by atoms with Gasteiger partial charge in [-0.2, -0.15) is 0 Å². The zero-order valence-corrected chi connectivity index (χ0v) is 12.9. The lowest BCUT2D eigenvalue weighted by Crippen LogP contribution is -2.32. The van der Waals surface area contributed by atoms with Crippen molar-refractivity contribution in [1.29, 1.82) is 0 Å². The van der Waals surface area contributed by atoms with Gasteiger partial charge in [0, 0.05) is 38.1 Å². The van der Waals surface area contributed by atoms with Gasteiger partial charge < -0.3 is 14.6 Å². The summed E-state index contributed by atoms with van der Waals surface area (Å²) in [7, 11) is 0. The second kappa shape index (κ2) is 10.6. The number of carboxylic acids is 1. The predicted molar refractivity (Wildman–Crippen MR) is 78.6 cm³/mol. The first-order valence-corrected chi connectivity index (χ1v) is 7.43. The largest absolute Gasteiger partial charge is 0.481 e. The molecule has 2 amide bonds. The van der Waals surface area contributed by atoms with Crippen molar-refractivity contribution in [3.63, 3.8) is 0 Å². The molecule has 0 unspecified atom stereocenters. The number of imide groups is 1. The van der Waals surface area contributed by atoms with Gasteiger partial charge in [0.15, 0.2) is 0 Å². The molecule has 23 heavy (non-hydrogen) atoms. The van der Waals surface area contributed by atoms with Gasteiger partial charge >= 0.3 is 5.97 Å². The number of hydrogen-bond acceptors (Lipinski definition) is 6. The zero-order chi connectivity index (χ0) is 17.1. The molecule has 0 atom stereocenters. The molecule has 0 saturated heterocycles. The summed E-state index contributed by atoms with van der Waals surface area (Å²) in [6.07, 6.45) is 3.37. The predicted octanol–water partition coefficient (Wildman–Crippen LogP) is 0.159. The molecule has 0 spiro atoms. The molecule has 0 bridgehead atoms. The molecule has 8 nitrogen and oxygen atoms in total. The first-order chi connectivity index (χ1) is 11.0. The van der Waals surface area contributed by atoms with Gasteiger partial charge in [-0.3, -0.25) is 24.1 Å². The van der Waals surface area contributed by atoms with E-state index in [0.29, 0.717) is 32.7 Å². The van der Waals surface area contributed by atoms with E-state index in [1.54, 1.807) is 0 Å². The number of ketones is 1. The number of ether oxygens (including phenoxy) is 2. The summed E-state index contributed by atoms with van der Waals surface area (Å²) in [6.45, 7) is 1.32. The van der Waals surface area contributed by atoms with E-state index < -0.39 is 5.97 Å². The molecular weight excluding hydrogens is 306 g/mol. The highest BCUT2D eigenvalue weighted by Gasteiger charge is 2.23.